The highest BCUT2D eigenvalue weighted by atomic mass is 35.5. The standard InChI is InChI=1S/C16H17ClN6O4S2/c1-16(2,3)13(24)20-14-21-22-15(28-14)29(25,26)18-8-11-19-12(23-27-11)9-6-4-5-7-10(9)17/h4-7,18H,8H2,1-3H3,(H,20,21,24). The third-order valence-corrected chi connectivity index (χ3v) is 6.47. The highest BCUT2D eigenvalue weighted by Gasteiger charge is 2.25. The molecule has 3 aromatic rings. The normalized spacial score (nSPS) is 12.1. The fourth-order valence-electron chi connectivity index (χ4n) is 1.95. The van der Waals surface area contributed by atoms with Crippen LogP contribution in [0.1, 0.15) is 26.7 Å². The van der Waals surface area contributed by atoms with Crippen LogP contribution in [0.4, 0.5) is 5.13 Å². The predicted molar refractivity (Wildman–Crippen MR) is 107 cm³/mol. The van der Waals surface area contributed by atoms with Crippen molar-refractivity contribution in [3.63, 3.8) is 0 Å². The fourth-order valence-corrected chi connectivity index (χ4v) is 4.08. The first-order chi connectivity index (χ1) is 13.6. The minimum Gasteiger partial charge on any atom is -0.338 e. The molecule has 154 valence electrons. The molecule has 2 aromatic heterocycles. The van der Waals surface area contributed by atoms with Crippen molar-refractivity contribution in [2.45, 2.75) is 31.7 Å². The molecule has 13 heteroatoms. The van der Waals surface area contributed by atoms with Gasteiger partial charge in [-0.25, -0.2) is 8.42 Å². The molecular formula is C16H17ClN6O4S2. The van der Waals surface area contributed by atoms with Crippen molar-refractivity contribution >= 4 is 44.0 Å². The monoisotopic (exact) mass is 456 g/mol. The summed E-state index contributed by atoms with van der Waals surface area (Å²) in [7, 11) is -3.98. The minimum atomic E-state index is -3.98. The van der Waals surface area contributed by atoms with Gasteiger partial charge in [0.05, 0.1) is 11.6 Å². The second-order valence-corrected chi connectivity index (χ2v) is 10.2. The van der Waals surface area contributed by atoms with Crippen molar-refractivity contribution in [1.82, 2.24) is 25.1 Å². The van der Waals surface area contributed by atoms with E-state index in [1.807, 2.05) is 0 Å². The zero-order valence-corrected chi connectivity index (χ0v) is 18.0. The molecule has 0 radical (unpaired) electrons. The van der Waals surface area contributed by atoms with E-state index in [1.165, 1.54) is 0 Å². The van der Waals surface area contributed by atoms with Crippen molar-refractivity contribution in [3.05, 3.63) is 35.2 Å². The van der Waals surface area contributed by atoms with Crippen LogP contribution in [0.2, 0.25) is 5.02 Å². The molecular weight excluding hydrogens is 440 g/mol. The van der Waals surface area contributed by atoms with Crippen LogP contribution >= 0.6 is 22.9 Å². The van der Waals surface area contributed by atoms with Crippen LogP contribution < -0.4 is 10.0 Å². The Kier molecular flexibility index (Phi) is 5.98. The van der Waals surface area contributed by atoms with Gasteiger partial charge in [-0.3, -0.25) is 4.79 Å². The molecule has 0 atom stereocenters. The van der Waals surface area contributed by atoms with Gasteiger partial charge in [0.2, 0.25) is 27.1 Å². The number of nitrogens with one attached hydrogen (secondary N) is 2. The third kappa shape index (κ3) is 5.15. The molecule has 0 aliphatic heterocycles. The maximum atomic E-state index is 12.4. The van der Waals surface area contributed by atoms with Crippen LogP contribution in [0.5, 0.6) is 0 Å². The Bertz CT molecular complexity index is 1140. The largest absolute Gasteiger partial charge is 0.338 e. The van der Waals surface area contributed by atoms with Gasteiger partial charge in [-0.15, -0.1) is 10.2 Å². The molecule has 29 heavy (non-hydrogen) atoms. The van der Waals surface area contributed by atoms with Gasteiger partial charge in [0, 0.05) is 11.0 Å². The molecule has 0 spiro atoms. The lowest BCUT2D eigenvalue weighted by molar-refractivity contribution is -0.123. The zero-order valence-electron chi connectivity index (χ0n) is 15.6. The van der Waals surface area contributed by atoms with Crippen molar-refractivity contribution in [3.8, 4) is 11.4 Å². The number of amides is 1. The number of anilines is 1. The summed E-state index contributed by atoms with van der Waals surface area (Å²) in [5.74, 6) is -0.00863. The van der Waals surface area contributed by atoms with Gasteiger partial charge in [-0.2, -0.15) is 9.71 Å². The van der Waals surface area contributed by atoms with E-state index in [-0.39, 0.29) is 33.6 Å². The number of carbonyl (C=O) groups is 1. The minimum absolute atomic E-state index is 0.0502. The Hall–Kier alpha value is -2.41. The topological polar surface area (TPSA) is 140 Å². The third-order valence-electron chi connectivity index (χ3n) is 3.53. The van der Waals surface area contributed by atoms with E-state index in [9.17, 15) is 13.2 Å². The number of hydrogen-bond acceptors (Lipinski definition) is 9. The number of carbonyl (C=O) groups excluding carboxylic acids is 1. The first-order valence-electron chi connectivity index (χ1n) is 8.28. The summed E-state index contributed by atoms with van der Waals surface area (Å²) >= 11 is 6.82. The second-order valence-electron chi connectivity index (χ2n) is 6.89. The van der Waals surface area contributed by atoms with E-state index in [2.05, 4.69) is 30.4 Å². The molecule has 2 N–H and O–H groups in total. The number of sulfonamides is 1. The van der Waals surface area contributed by atoms with Crippen LogP contribution in [-0.2, 0) is 21.4 Å². The summed E-state index contributed by atoms with van der Waals surface area (Å²) in [6, 6.07) is 6.93. The summed E-state index contributed by atoms with van der Waals surface area (Å²) < 4.78 is 31.9. The summed E-state index contributed by atoms with van der Waals surface area (Å²) in [4.78, 5) is 16.1. The Balaban J connectivity index is 1.67. The number of benzene rings is 1. The molecule has 10 nitrogen and oxygen atoms in total. The number of halogens is 1. The Morgan fingerprint density at radius 2 is 1.97 bits per heavy atom. The molecule has 1 aromatic carbocycles. The summed E-state index contributed by atoms with van der Waals surface area (Å²) in [5.41, 5.74) is -0.0873. The quantitative estimate of drug-likeness (QED) is 0.539. The number of rotatable bonds is 6. The average Bonchev–Trinajstić information content (AvgIpc) is 3.29. The van der Waals surface area contributed by atoms with Crippen LogP contribution in [0, 0.1) is 5.41 Å². The van der Waals surface area contributed by atoms with Crippen molar-refractivity contribution in [2.75, 3.05) is 5.32 Å². The fraction of sp³-hybridized carbons (Fsp3) is 0.312. The smallest absolute Gasteiger partial charge is 0.270 e. The Morgan fingerprint density at radius 1 is 1.24 bits per heavy atom. The van der Waals surface area contributed by atoms with E-state index in [0.717, 1.165) is 11.3 Å². The van der Waals surface area contributed by atoms with Gasteiger partial charge in [-0.05, 0) is 12.1 Å². The van der Waals surface area contributed by atoms with Crippen LogP contribution in [0.15, 0.2) is 33.1 Å². The van der Waals surface area contributed by atoms with Gasteiger partial charge in [0.25, 0.3) is 10.0 Å². The summed E-state index contributed by atoms with van der Waals surface area (Å²) in [6.07, 6.45) is 0. The molecule has 0 bridgehead atoms. The summed E-state index contributed by atoms with van der Waals surface area (Å²) in [6.45, 7) is 4.93. The number of aromatic nitrogens is 4. The molecule has 0 aliphatic carbocycles. The van der Waals surface area contributed by atoms with E-state index >= 15 is 0 Å². The van der Waals surface area contributed by atoms with E-state index in [1.54, 1.807) is 45.0 Å². The number of nitrogens with zero attached hydrogens (tertiary/aromatic N) is 4. The second kappa shape index (κ2) is 8.14. The lowest BCUT2D eigenvalue weighted by Crippen LogP contribution is -2.27. The molecule has 2 heterocycles. The van der Waals surface area contributed by atoms with Crippen molar-refractivity contribution < 1.29 is 17.7 Å². The van der Waals surface area contributed by atoms with Gasteiger partial charge in [0.1, 0.15) is 0 Å². The zero-order chi connectivity index (χ0) is 21.2. The molecule has 3 rings (SSSR count). The maximum Gasteiger partial charge on any atom is 0.270 e. The molecule has 0 fully saturated rings. The highest BCUT2D eigenvalue weighted by molar-refractivity contribution is 7.91. The van der Waals surface area contributed by atoms with E-state index in [0.29, 0.717) is 10.6 Å². The maximum absolute atomic E-state index is 12.4. The first-order valence-corrected chi connectivity index (χ1v) is 11.0. The molecule has 0 unspecified atom stereocenters. The SMILES string of the molecule is CC(C)(C)C(=O)Nc1nnc(S(=O)(=O)NCc2nc(-c3ccccc3Cl)no2)s1. The van der Waals surface area contributed by atoms with E-state index in [4.69, 9.17) is 16.1 Å². The molecule has 1 amide bonds. The lowest BCUT2D eigenvalue weighted by Gasteiger charge is -2.15. The van der Waals surface area contributed by atoms with Crippen LogP contribution in [0.25, 0.3) is 11.4 Å². The molecule has 0 aliphatic rings. The van der Waals surface area contributed by atoms with Gasteiger partial charge in [-0.1, -0.05) is 61.0 Å². The Labute approximate surface area is 175 Å². The number of hydrogen-bond donors (Lipinski definition) is 2. The van der Waals surface area contributed by atoms with E-state index < -0.39 is 15.4 Å². The van der Waals surface area contributed by atoms with Gasteiger partial charge < -0.3 is 9.84 Å². The van der Waals surface area contributed by atoms with Crippen molar-refractivity contribution in [1.29, 1.82) is 0 Å². The Morgan fingerprint density at radius 3 is 2.66 bits per heavy atom. The first kappa shape index (κ1) is 21.3. The molecule has 0 saturated heterocycles. The van der Waals surface area contributed by atoms with Gasteiger partial charge in [0.15, 0.2) is 0 Å². The predicted octanol–water partition coefficient (Wildman–Crippen LogP) is 2.70. The molecule has 0 saturated carbocycles. The summed E-state index contributed by atoms with van der Waals surface area (Å²) in [5, 5.41) is 14.2. The lowest BCUT2D eigenvalue weighted by atomic mass is 9.96. The van der Waals surface area contributed by atoms with Crippen molar-refractivity contribution in [2.24, 2.45) is 5.41 Å². The van der Waals surface area contributed by atoms with Crippen LogP contribution in [-0.4, -0.2) is 34.7 Å². The average molecular weight is 457 g/mol. The highest BCUT2D eigenvalue weighted by Crippen LogP contribution is 2.25. The van der Waals surface area contributed by atoms with Crippen LogP contribution in [0.3, 0.4) is 0 Å². The van der Waals surface area contributed by atoms with Gasteiger partial charge >= 0.3 is 0 Å².